The van der Waals surface area contributed by atoms with Crippen LogP contribution in [0.25, 0.3) is 0 Å². The van der Waals surface area contributed by atoms with Crippen molar-refractivity contribution in [2.45, 2.75) is 62.8 Å². The van der Waals surface area contributed by atoms with Crippen LogP contribution in [0, 0.1) is 0 Å². The summed E-state index contributed by atoms with van der Waals surface area (Å²) in [5.74, 6) is -0.381. The molecule has 39 heavy (non-hydrogen) atoms. The molecule has 2 aliphatic heterocycles. The molecular formula is C28H32F6N2O3. The molecule has 3 atom stereocenters. The van der Waals surface area contributed by atoms with E-state index in [1.807, 2.05) is 35.2 Å². The van der Waals surface area contributed by atoms with Gasteiger partial charge < -0.3 is 14.7 Å². The van der Waals surface area contributed by atoms with Gasteiger partial charge in [-0.2, -0.15) is 26.3 Å². The van der Waals surface area contributed by atoms with E-state index in [0.717, 1.165) is 5.56 Å². The van der Waals surface area contributed by atoms with Gasteiger partial charge in [-0.15, -0.1) is 0 Å². The Morgan fingerprint density at radius 2 is 1.54 bits per heavy atom. The van der Waals surface area contributed by atoms with E-state index in [2.05, 4.69) is 0 Å². The van der Waals surface area contributed by atoms with Gasteiger partial charge in [0.1, 0.15) is 0 Å². The van der Waals surface area contributed by atoms with Gasteiger partial charge in [0, 0.05) is 32.1 Å². The van der Waals surface area contributed by atoms with Crippen molar-refractivity contribution in [3.63, 3.8) is 0 Å². The maximum absolute atomic E-state index is 13.4. The minimum Gasteiger partial charge on any atom is -0.393 e. The number of likely N-dealkylation sites (tertiary alicyclic amines) is 2. The van der Waals surface area contributed by atoms with Gasteiger partial charge in [-0.1, -0.05) is 30.3 Å². The van der Waals surface area contributed by atoms with Crippen LogP contribution in [0.15, 0.2) is 48.5 Å². The molecule has 2 heterocycles. The highest BCUT2D eigenvalue weighted by atomic mass is 19.4. The van der Waals surface area contributed by atoms with Crippen molar-refractivity contribution >= 4 is 5.91 Å². The first-order valence-electron chi connectivity index (χ1n) is 13.0. The van der Waals surface area contributed by atoms with E-state index in [4.69, 9.17) is 4.74 Å². The molecule has 2 aromatic carbocycles. The zero-order valence-electron chi connectivity index (χ0n) is 21.5. The maximum atomic E-state index is 13.4. The highest BCUT2D eigenvalue weighted by Crippen LogP contribution is 2.39. The predicted octanol–water partition coefficient (Wildman–Crippen LogP) is 5.64. The summed E-state index contributed by atoms with van der Waals surface area (Å²) in [5.41, 5.74) is -2.11. The highest BCUT2D eigenvalue weighted by molar-refractivity contribution is 5.78. The monoisotopic (exact) mass is 558 g/mol. The van der Waals surface area contributed by atoms with E-state index in [9.17, 15) is 36.2 Å². The molecule has 0 spiro atoms. The third-order valence-corrected chi connectivity index (χ3v) is 7.50. The summed E-state index contributed by atoms with van der Waals surface area (Å²) in [6, 6.07) is 10.7. The van der Waals surface area contributed by atoms with Crippen LogP contribution >= 0.6 is 0 Å². The summed E-state index contributed by atoms with van der Waals surface area (Å²) in [6.45, 7) is 3.59. The lowest BCUT2D eigenvalue weighted by Gasteiger charge is -2.41. The Bertz CT molecular complexity index is 1080. The number of aliphatic hydroxyl groups excluding tert-OH is 1. The smallest absolute Gasteiger partial charge is 0.393 e. The molecule has 0 bridgehead atoms. The molecule has 1 N–H and O–H groups in total. The van der Waals surface area contributed by atoms with Crippen LogP contribution in [0.4, 0.5) is 26.3 Å². The first kappa shape index (κ1) is 29.4. The summed E-state index contributed by atoms with van der Waals surface area (Å²) in [5, 5.41) is 9.72. The van der Waals surface area contributed by atoms with Crippen LogP contribution < -0.4 is 0 Å². The lowest BCUT2D eigenvalue weighted by atomic mass is 9.87. The second kappa shape index (κ2) is 11.9. The number of amides is 1. The number of benzene rings is 2. The molecule has 2 aliphatic rings. The van der Waals surface area contributed by atoms with E-state index < -0.39 is 35.7 Å². The number of carbonyl (C=O) groups excluding carboxylic acids is 1. The highest BCUT2D eigenvalue weighted by Gasteiger charge is 2.39. The van der Waals surface area contributed by atoms with E-state index >= 15 is 0 Å². The van der Waals surface area contributed by atoms with E-state index in [-0.39, 0.29) is 36.1 Å². The molecule has 0 aliphatic carbocycles. The molecule has 214 valence electrons. The first-order valence-corrected chi connectivity index (χ1v) is 13.0. The number of carbonyl (C=O) groups is 1. The van der Waals surface area contributed by atoms with Crippen molar-refractivity contribution < 1.29 is 41.0 Å². The Morgan fingerprint density at radius 1 is 0.949 bits per heavy atom. The molecule has 0 aromatic heterocycles. The average Bonchev–Trinajstić information content (AvgIpc) is 2.89. The third kappa shape index (κ3) is 7.52. The Morgan fingerprint density at radius 3 is 2.10 bits per heavy atom. The van der Waals surface area contributed by atoms with Crippen LogP contribution in [0.3, 0.4) is 0 Å². The van der Waals surface area contributed by atoms with Crippen molar-refractivity contribution in [1.82, 2.24) is 9.80 Å². The van der Waals surface area contributed by atoms with Gasteiger partial charge in [-0.25, -0.2) is 0 Å². The zero-order valence-corrected chi connectivity index (χ0v) is 21.5. The molecule has 0 saturated carbocycles. The fourth-order valence-corrected chi connectivity index (χ4v) is 5.26. The number of piperidine rings is 2. The molecule has 2 fully saturated rings. The number of aliphatic hydroxyl groups is 1. The lowest BCUT2D eigenvalue weighted by Crippen LogP contribution is -2.50. The Kier molecular flexibility index (Phi) is 8.92. The SMILES string of the molecule is C[C@@H](O[C@H]1CCN(C(=O)CN2CCC(O)CC2)C[C@H]1c1ccccc1)c1cc(C(F)(F)F)cc(C(F)(F)F)c1. The minimum atomic E-state index is -4.94. The number of nitrogens with zero attached hydrogens (tertiary/aromatic N) is 2. The fourth-order valence-electron chi connectivity index (χ4n) is 5.26. The summed E-state index contributed by atoms with van der Waals surface area (Å²) < 4.78 is 86.5. The lowest BCUT2D eigenvalue weighted by molar-refractivity contribution is -0.143. The van der Waals surface area contributed by atoms with Crippen molar-refractivity contribution in [3.8, 4) is 0 Å². The molecule has 0 radical (unpaired) electrons. The molecule has 2 saturated heterocycles. The fraction of sp³-hybridized carbons (Fsp3) is 0.536. The minimum absolute atomic E-state index is 0.0634. The quantitative estimate of drug-likeness (QED) is 0.467. The van der Waals surface area contributed by atoms with Crippen LogP contribution in [0.1, 0.15) is 60.5 Å². The van der Waals surface area contributed by atoms with Gasteiger partial charge in [-0.3, -0.25) is 9.69 Å². The molecule has 5 nitrogen and oxygen atoms in total. The summed E-state index contributed by atoms with van der Waals surface area (Å²) >= 11 is 0. The van der Waals surface area contributed by atoms with Gasteiger partial charge >= 0.3 is 12.4 Å². The molecule has 1 amide bonds. The van der Waals surface area contributed by atoms with Gasteiger partial charge in [0.2, 0.25) is 5.91 Å². The summed E-state index contributed by atoms with van der Waals surface area (Å²) in [4.78, 5) is 16.8. The number of ether oxygens (including phenoxy) is 1. The second-order valence-corrected chi connectivity index (χ2v) is 10.3. The maximum Gasteiger partial charge on any atom is 0.416 e. The van der Waals surface area contributed by atoms with Gasteiger partial charge in [0.25, 0.3) is 0 Å². The molecule has 2 aromatic rings. The Hall–Kier alpha value is -2.63. The van der Waals surface area contributed by atoms with Crippen LogP contribution in [-0.2, 0) is 21.9 Å². The van der Waals surface area contributed by atoms with Crippen molar-refractivity contribution in [3.05, 3.63) is 70.8 Å². The summed E-state index contributed by atoms with van der Waals surface area (Å²) in [6.07, 6.45) is -10.2. The third-order valence-electron chi connectivity index (χ3n) is 7.50. The number of rotatable bonds is 6. The molecular weight excluding hydrogens is 526 g/mol. The van der Waals surface area contributed by atoms with Crippen molar-refractivity contribution in [1.29, 1.82) is 0 Å². The van der Waals surface area contributed by atoms with Crippen LogP contribution in [0.2, 0.25) is 0 Å². The topological polar surface area (TPSA) is 53.0 Å². The van der Waals surface area contributed by atoms with Gasteiger partial charge in [0.05, 0.1) is 36.0 Å². The Labute approximate surface area is 223 Å². The van der Waals surface area contributed by atoms with Gasteiger partial charge in [-0.05, 0) is 55.5 Å². The predicted molar refractivity (Wildman–Crippen MR) is 132 cm³/mol. The standard InChI is InChI=1S/C28H32F6N2O3/c1-18(20-13-21(27(29,30)31)15-22(14-20)28(32,33)34)39-25-9-12-36(16-24(25)19-5-3-2-4-6-19)26(38)17-35-10-7-23(37)8-11-35/h2-6,13-15,18,23-25,37H,7-12,16-17H2,1H3/t18-,24+,25+/m1/s1. The Balaban J connectivity index is 1.52. The average molecular weight is 559 g/mol. The van der Waals surface area contributed by atoms with Crippen molar-refractivity contribution in [2.75, 3.05) is 32.7 Å². The zero-order chi connectivity index (χ0) is 28.4. The molecule has 0 unspecified atom stereocenters. The molecule has 11 heteroatoms. The largest absolute Gasteiger partial charge is 0.416 e. The molecule has 4 rings (SSSR count). The van der Waals surface area contributed by atoms with Crippen LogP contribution in [0.5, 0.6) is 0 Å². The normalized spacial score (nSPS) is 22.6. The van der Waals surface area contributed by atoms with E-state index in [1.165, 1.54) is 6.92 Å². The first-order chi connectivity index (χ1) is 18.3. The van der Waals surface area contributed by atoms with Crippen LogP contribution in [-0.4, -0.2) is 65.7 Å². The number of alkyl halides is 6. The van der Waals surface area contributed by atoms with Gasteiger partial charge in [0.15, 0.2) is 0 Å². The summed E-state index contributed by atoms with van der Waals surface area (Å²) in [7, 11) is 0. The van der Waals surface area contributed by atoms with E-state index in [1.54, 1.807) is 4.90 Å². The number of hydrogen-bond acceptors (Lipinski definition) is 4. The second-order valence-electron chi connectivity index (χ2n) is 10.3. The van der Waals surface area contributed by atoms with E-state index in [0.29, 0.717) is 57.6 Å². The number of halogens is 6. The number of hydrogen-bond donors (Lipinski definition) is 1. The van der Waals surface area contributed by atoms with Crippen molar-refractivity contribution in [2.24, 2.45) is 0 Å².